The molecule has 1 aliphatic rings. The number of unbranched alkanes of at least 4 members (excludes halogenated alkanes) is 1. The van der Waals surface area contributed by atoms with E-state index in [1.807, 2.05) is 19.1 Å². The minimum Gasteiger partial charge on any atom is -0.434 e. The number of alkyl carbamates (subject to hydrolysis) is 1. The van der Waals surface area contributed by atoms with Crippen molar-refractivity contribution in [1.82, 2.24) is 20.9 Å². The highest BCUT2D eigenvalue weighted by Crippen LogP contribution is 2.43. The smallest absolute Gasteiger partial charge is 0.408 e. The fraction of sp³-hybridized carbons (Fsp3) is 0.343. The zero-order valence-electron chi connectivity index (χ0n) is 26.1. The first-order chi connectivity index (χ1) is 23.1. The number of ketones is 1. The van der Waals surface area contributed by atoms with Crippen molar-refractivity contribution in [3.8, 4) is 0 Å². The van der Waals surface area contributed by atoms with E-state index in [1.54, 1.807) is 30.3 Å². The number of nitrogens with zero attached hydrogens (tertiary/aromatic N) is 1. The van der Waals surface area contributed by atoms with Gasteiger partial charge in [-0.1, -0.05) is 86.0 Å². The summed E-state index contributed by atoms with van der Waals surface area (Å²) in [5.74, 6) is -5.60. The van der Waals surface area contributed by atoms with Crippen LogP contribution in [-0.4, -0.2) is 47.3 Å². The number of aromatic nitrogens is 1. The molecule has 1 unspecified atom stereocenters. The molecule has 3 N–H and O–H groups in total. The Balaban J connectivity index is 1.37. The van der Waals surface area contributed by atoms with Gasteiger partial charge in [0.05, 0.1) is 16.3 Å². The number of hydrogen-bond acceptors (Lipinski definition) is 7. The molecular weight excluding hydrogens is 662 g/mol. The van der Waals surface area contributed by atoms with E-state index in [0.717, 1.165) is 10.8 Å². The number of nitrogens with one attached hydrogen (secondary N) is 3. The zero-order chi connectivity index (χ0) is 34.3. The fourth-order valence-electron chi connectivity index (χ4n) is 5.57. The van der Waals surface area contributed by atoms with Crippen LogP contribution in [0.5, 0.6) is 0 Å². The highest BCUT2D eigenvalue weighted by molar-refractivity contribution is 7.20. The largest absolute Gasteiger partial charge is 0.434 e. The van der Waals surface area contributed by atoms with E-state index in [-0.39, 0.29) is 34.3 Å². The maximum absolute atomic E-state index is 16.0. The average Bonchev–Trinajstić information content (AvgIpc) is 3.70. The Morgan fingerprint density at radius 3 is 2.48 bits per heavy atom. The fourth-order valence-corrected chi connectivity index (χ4v) is 6.72. The van der Waals surface area contributed by atoms with Crippen LogP contribution in [0.1, 0.15) is 66.1 Å². The summed E-state index contributed by atoms with van der Waals surface area (Å²) in [4.78, 5) is 57.7. The minimum atomic E-state index is -3.69. The number of carbonyl (C=O) groups is 4. The summed E-state index contributed by atoms with van der Waals surface area (Å²) in [5.41, 5.74) is 0.204. The molecule has 3 aromatic carbocycles. The highest BCUT2D eigenvalue weighted by Gasteiger charge is 2.46. The number of thiazole rings is 1. The van der Waals surface area contributed by atoms with E-state index in [4.69, 9.17) is 16.3 Å². The highest BCUT2D eigenvalue weighted by atomic mass is 35.5. The van der Waals surface area contributed by atoms with Gasteiger partial charge in [-0.3, -0.25) is 14.4 Å². The number of halogens is 3. The second-order valence-electron chi connectivity index (χ2n) is 11.6. The lowest BCUT2D eigenvalue weighted by Crippen LogP contribution is -2.52. The average molecular weight is 697 g/mol. The van der Waals surface area contributed by atoms with Crippen LogP contribution in [-0.2, 0) is 20.2 Å². The third-order valence-corrected chi connectivity index (χ3v) is 9.43. The maximum atomic E-state index is 16.0. The number of para-hydroxylation sites is 1. The summed E-state index contributed by atoms with van der Waals surface area (Å²) in [6.07, 6.45) is -1.48. The van der Waals surface area contributed by atoms with Crippen molar-refractivity contribution in [3.63, 3.8) is 0 Å². The lowest BCUT2D eigenvalue weighted by atomic mass is 9.95. The first kappa shape index (κ1) is 34.9. The van der Waals surface area contributed by atoms with Crippen LogP contribution < -0.4 is 16.0 Å². The van der Waals surface area contributed by atoms with Crippen LogP contribution in [0.2, 0.25) is 5.02 Å². The number of hydrogen-bond donors (Lipinski definition) is 3. The van der Waals surface area contributed by atoms with Gasteiger partial charge in [-0.2, -0.15) is 8.78 Å². The summed E-state index contributed by atoms with van der Waals surface area (Å²) in [6, 6.07) is 17.6. The molecule has 5 rings (SSSR count). The van der Waals surface area contributed by atoms with E-state index >= 15 is 8.78 Å². The summed E-state index contributed by atoms with van der Waals surface area (Å²) in [7, 11) is 0. The first-order valence-electron chi connectivity index (χ1n) is 15.7. The minimum absolute atomic E-state index is 0.0270. The number of Topliss-reactive ketones (excluding diaryl/α,β-unsaturated/α-hetero) is 1. The summed E-state index contributed by atoms with van der Waals surface area (Å²) < 4.78 is 38.1. The number of ether oxygens (including phenoxy) is 1. The van der Waals surface area contributed by atoms with Gasteiger partial charge in [0.1, 0.15) is 6.04 Å². The lowest BCUT2D eigenvalue weighted by molar-refractivity contribution is -0.127. The molecule has 0 bridgehead atoms. The molecule has 48 heavy (non-hydrogen) atoms. The molecule has 1 saturated heterocycles. The number of fused-ring (bicyclic) bond motifs is 1. The van der Waals surface area contributed by atoms with Crippen molar-refractivity contribution in [2.75, 3.05) is 6.54 Å². The number of alkyl halides is 2. The van der Waals surface area contributed by atoms with Crippen molar-refractivity contribution >= 4 is 56.8 Å². The van der Waals surface area contributed by atoms with Gasteiger partial charge >= 0.3 is 12.0 Å². The van der Waals surface area contributed by atoms with E-state index in [9.17, 15) is 19.2 Å². The first-order valence-corrected chi connectivity index (χ1v) is 16.9. The third-order valence-electron chi connectivity index (χ3n) is 8.14. The molecule has 9 nitrogen and oxygen atoms in total. The van der Waals surface area contributed by atoms with Crippen LogP contribution in [0.3, 0.4) is 0 Å². The molecule has 0 aliphatic carbocycles. The second-order valence-corrected chi connectivity index (χ2v) is 13.1. The molecule has 4 atom stereocenters. The van der Waals surface area contributed by atoms with Crippen molar-refractivity contribution < 1.29 is 32.7 Å². The molecule has 1 aliphatic heterocycles. The molecule has 4 aromatic rings. The third kappa shape index (κ3) is 8.35. The van der Waals surface area contributed by atoms with E-state index in [2.05, 4.69) is 20.9 Å². The Bertz CT molecular complexity index is 1740. The predicted molar refractivity (Wildman–Crippen MR) is 179 cm³/mol. The summed E-state index contributed by atoms with van der Waals surface area (Å²) >= 11 is 7.17. The van der Waals surface area contributed by atoms with Gasteiger partial charge in [0.15, 0.2) is 11.1 Å². The standard InChI is InChI=1S/C35H35ClF2N4O5S/c1-2-3-14-26(42-34(46)47-30(21-10-5-4-6-11-21)35(37,38)23-12-9-13-24(36)20-23)32(45)40-27(19-22-17-18-39-31(22)44)29(43)33-41-25-15-7-8-16-28(25)48-33/h4-13,15-16,20,22,26-27,30H,2-3,14,17-19H2,1H3,(H,39,44)(H,40,45)(H,42,46)/t22-,26-,27-,30?/m0/s1. The predicted octanol–water partition coefficient (Wildman–Crippen LogP) is 6.96. The molecular formula is C35H35ClF2N4O5S. The van der Waals surface area contributed by atoms with E-state index in [1.165, 1.54) is 41.7 Å². The van der Waals surface area contributed by atoms with Crippen molar-refractivity contribution in [2.45, 2.75) is 63.1 Å². The van der Waals surface area contributed by atoms with E-state index in [0.29, 0.717) is 31.3 Å². The molecule has 252 valence electrons. The maximum Gasteiger partial charge on any atom is 0.408 e. The van der Waals surface area contributed by atoms with Crippen LogP contribution >= 0.6 is 22.9 Å². The van der Waals surface area contributed by atoms with Crippen molar-refractivity contribution in [2.24, 2.45) is 5.92 Å². The van der Waals surface area contributed by atoms with Crippen molar-refractivity contribution in [1.29, 1.82) is 0 Å². The van der Waals surface area contributed by atoms with E-state index < -0.39 is 53.4 Å². The molecule has 0 radical (unpaired) electrons. The van der Waals surface area contributed by atoms with Gasteiger partial charge in [0.2, 0.25) is 17.6 Å². The number of rotatable bonds is 14. The number of carbonyl (C=O) groups excluding carboxylic acids is 4. The lowest BCUT2D eigenvalue weighted by Gasteiger charge is -2.29. The van der Waals surface area contributed by atoms with Gasteiger partial charge < -0.3 is 20.7 Å². The quantitative estimate of drug-likeness (QED) is 0.122. The van der Waals surface area contributed by atoms with Crippen LogP contribution in [0.25, 0.3) is 10.2 Å². The number of benzene rings is 3. The Labute approximate surface area is 285 Å². The SMILES string of the molecule is CCCC[C@H](NC(=O)OC(c1ccccc1)C(F)(F)c1cccc(Cl)c1)C(=O)N[C@@H](C[C@@H]1CCNC1=O)C(=O)c1nc2ccccc2s1. The normalized spacial score (nSPS) is 16.5. The van der Waals surface area contributed by atoms with Gasteiger partial charge in [0.25, 0.3) is 0 Å². The van der Waals surface area contributed by atoms with Crippen LogP contribution in [0.4, 0.5) is 13.6 Å². The molecule has 13 heteroatoms. The number of amides is 3. The molecule has 0 spiro atoms. The molecule has 1 aromatic heterocycles. The van der Waals surface area contributed by atoms with Gasteiger partial charge in [0, 0.05) is 23.0 Å². The molecule has 3 amide bonds. The Morgan fingerprint density at radius 1 is 1.04 bits per heavy atom. The summed E-state index contributed by atoms with van der Waals surface area (Å²) in [6.45, 7) is 2.34. The second kappa shape index (κ2) is 15.7. The Kier molecular flexibility index (Phi) is 11.4. The van der Waals surface area contributed by atoms with Crippen molar-refractivity contribution in [3.05, 3.63) is 100 Å². The Morgan fingerprint density at radius 2 is 1.79 bits per heavy atom. The topological polar surface area (TPSA) is 126 Å². The molecule has 1 fully saturated rings. The Hall–Kier alpha value is -4.42. The molecule has 2 heterocycles. The van der Waals surface area contributed by atoms with Gasteiger partial charge in [-0.25, -0.2) is 9.78 Å². The van der Waals surface area contributed by atoms with Gasteiger partial charge in [-0.15, -0.1) is 11.3 Å². The van der Waals surface area contributed by atoms with Crippen LogP contribution in [0, 0.1) is 5.92 Å². The van der Waals surface area contributed by atoms with Crippen LogP contribution in [0.15, 0.2) is 78.9 Å². The van der Waals surface area contributed by atoms with Gasteiger partial charge in [-0.05, 0) is 49.1 Å². The molecule has 0 saturated carbocycles. The summed E-state index contributed by atoms with van der Waals surface area (Å²) in [5, 5.41) is 8.20. The monoisotopic (exact) mass is 696 g/mol. The zero-order valence-corrected chi connectivity index (χ0v) is 27.7.